The molecular formula is C14H10FIN2O4. The third-order valence-electron chi connectivity index (χ3n) is 2.63. The molecule has 0 aliphatic carbocycles. The Morgan fingerprint density at radius 3 is 2.73 bits per heavy atom. The van der Waals surface area contributed by atoms with Crippen LogP contribution in [0.1, 0.15) is 0 Å². The highest BCUT2D eigenvalue weighted by Gasteiger charge is 2.13. The van der Waals surface area contributed by atoms with Crippen LogP contribution in [0, 0.1) is 19.5 Å². The van der Waals surface area contributed by atoms with E-state index in [0.29, 0.717) is 5.75 Å². The van der Waals surface area contributed by atoms with Crippen LogP contribution in [0.25, 0.3) is 0 Å². The number of hydrogen-bond acceptors (Lipinski definition) is 4. The second-order valence-electron chi connectivity index (χ2n) is 4.19. The number of para-hydroxylation sites is 1. The SMILES string of the molecule is O=C(COc1ccccc1I)Nc1cc([N+](=O)[O-])ccc1F. The van der Waals surface area contributed by atoms with Crippen molar-refractivity contribution in [2.75, 3.05) is 11.9 Å². The zero-order valence-corrected chi connectivity index (χ0v) is 13.2. The van der Waals surface area contributed by atoms with Gasteiger partial charge in [0.2, 0.25) is 0 Å². The van der Waals surface area contributed by atoms with Gasteiger partial charge in [0.15, 0.2) is 6.61 Å². The maximum atomic E-state index is 13.5. The summed E-state index contributed by atoms with van der Waals surface area (Å²) in [5.74, 6) is -0.843. The van der Waals surface area contributed by atoms with Gasteiger partial charge in [0, 0.05) is 12.1 Å². The van der Waals surface area contributed by atoms with Gasteiger partial charge < -0.3 is 10.1 Å². The number of non-ortho nitro benzene ring substituents is 1. The molecule has 0 heterocycles. The first-order valence-electron chi connectivity index (χ1n) is 6.08. The molecule has 2 aromatic rings. The van der Waals surface area contributed by atoms with Gasteiger partial charge in [0.1, 0.15) is 11.6 Å². The van der Waals surface area contributed by atoms with Crippen LogP contribution in [0.3, 0.4) is 0 Å². The molecule has 22 heavy (non-hydrogen) atoms. The number of halogens is 2. The summed E-state index contributed by atoms with van der Waals surface area (Å²) >= 11 is 2.06. The monoisotopic (exact) mass is 416 g/mol. The van der Waals surface area contributed by atoms with Gasteiger partial charge >= 0.3 is 0 Å². The topological polar surface area (TPSA) is 81.5 Å². The average Bonchev–Trinajstić information content (AvgIpc) is 2.48. The molecule has 0 atom stereocenters. The second-order valence-corrected chi connectivity index (χ2v) is 5.35. The third kappa shape index (κ3) is 4.13. The number of ether oxygens (including phenoxy) is 1. The van der Waals surface area contributed by atoms with E-state index in [1.54, 1.807) is 12.1 Å². The van der Waals surface area contributed by atoms with E-state index < -0.39 is 16.6 Å². The fourth-order valence-corrected chi connectivity index (χ4v) is 2.16. The third-order valence-corrected chi connectivity index (χ3v) is 3.52. The Morgan fingerprint density at radius 2 is 2.05 bits per heavy atom. The quantitative estimate of drug-likeness (QED) is 0.461. The summed E-state index contributed by atoms with van der Waals surface area (Å²) in [6.07, 6.45) is 0. The summed E-state index contributed by atoms with van der Waals surface area (Å²) in [5.41, 5.74) is -0.569. The van der Waals surface area contributed by atoms with E-state index >= 15 is 0 Å². The second kappa shape index (κ2) is 7.16. The number of hydrogen-bond donors (Lipinski definition) is 1. The Kier molecular flexibility index (Phi) is 5.26. The number of nitrogens with one attached hydrogen (secondary N) is 1. The molecule has 6 nitrogen and oxygen atoms in total. The van der Waals surface area contributed by atoms with Crippen LogP contribution in [-0.4, -0.2) is 17.4 Å². The van der Waals surface area contributed by atoms with E-state index in [2.05, 4.69) is 27.9 Å². The van der Waals surface area contributed by atoms with Crippen LogP contribution in [0.4, 0.5) is 15.8 Å². The molecule has 114 valence electrons. The average molecular weight is 416 g/mol. The van der Waals surface area contributed by atoms with E-state index in [1.165, 1.54) is 0 Å². The molecular weight excluding hydrogens is 406 g/mol. The van der Waals surface area contributed by atoms with Crippen molar-refractivity contribution >= 4 is 39.9 Å². The molecule has 0 fully saturated rings. The Hall–Kier alpha value is -2.23. The summed E-state index contributed by atoms with van der Waals surface area (Å²) in [4.78, 5) is 21.7. The minimum atomic E-state index is -0.756. The van der Waals surface area contributed by atoms with Crippen LogP contribution in [0.5, 0.6) is 5.75 Å². The minimum Gasteiger partial charge on any atom is -0.483 e. The van der Waals surface area contributed by atoms with Crippen molar-refractivity contribution in [1.29, 1.82) is 0 Å². The summed E-state index contributed by atoms with van der Waals surface area (Å²) in [5, 5.41) is 12.9. The molecule has 0 aromatic heterocycles. The molecule has 1 amide bonds. The summed E-state index contributed by atoms with van der Waals surface area (Å²) < 4.78 is 19.7. The smallest absolute Gasteiger partial charge is 0.271 e. The van der Waals surface area contributed by atoms with Crippen LogP contribution in [-0.2, 0) is 4.79 Å². The number of nitrogens with zero attached hydrogens (tertiary/aromatic N) is 1. The van der Waals surface area contributed by atoms with Crippen molar-refractivity contribution in [2.45, 2.75) is 0 Å². The molecule has 0 radical (unpaired) electrons. The first-order chi connectivity index (χ1) is 10.5. The largest absolute Gasteiger partial charge is 0.483 e. The molecule has 0 unspecified atom stereocenters. The molecule has 0 spiro atoms. The number of nitro benzene ring substituents is 1. The van der Waals surface area contributed by atoms with E-state index in [9.17, 15) is 19.3 Å². The molecule has 0 saturated carbocycles. The first-order valence-corrected chi connectivity index (χ1v) is 7.16. The van der Waals surface area contributed by atoms with Crippen molar-refractivity contribution in [3.8, 4) is 5.75 Å². The Labute approximate surface area is 138 Å². The van der Waals surface area contributed by atoms with Crippen LogP contribution >= 0.6 is 22.6 Å². The maximum absolute atomic E-state index is 13.5. The number of carbonyl (C=O) groups is 1. The van der Waals surface area contributed by atoms with Crippen LogP contribution < -0.4 is 10.1 Å². The fraction of sp³-hybridized carbons (Fsp3) is 0.0714. The van der Waals surface area contributed by atoms with Gasteiger partial charge in [-0.05, 0) is 40.8 Å². The lowest BCUT2D eigenvalue weighted by Crippen LogP contribution is -2.21. The van der Waals surface area contributed by atoms with Crippen molar-refractivity contribution in [3.05, 3.63) is 62.0 Å². The van der Waals surface area contributed by atoms with Gasteiger partial charge in [-0.2, -0.15) is 0 Å². The Bertz CT molecular complexity index is 724. The van der Waals surface area contributed by atoms with Gasteiger partial charge in [-0.3, -0.25) is 14.9 Å². The molecule has 0 aliphatic rings. The first kappa shape index (κ1) is 16.1. The van der Waals surface area contributed by atoms with E-state index in [4.69, 9.17) is 4.74 Å². The number of carbonyl (C=O) groups excluding carboxylic acids is 1. The lowest BCUT2D eigenvalue weighted by molar-refractivity contribution is -0.384. The number of rotatable bonds is 5. The Balaban J connectivity index is 2.02. The Morgan fingerprint density at radius 1 is 1.32 bits per heavy atom. The van der Waals surface area contributed by atoms with E-state index in [0.717, 1.165) is 21.8 Å². The maximum Gasteiger partial charge on any atom is 0.271 e. The molecule has 0 aliphatic heterocycles. The summed E-state index contributed by atoms with van der Waals surface area (Å²) in [6.45, 7) is -0.331. The van der Waals surface area contributed by atoms with Gasteiger partial charge in [0.25, 0.3) is 11.6 Å². The minimum absolute atomic E-state index is 0.259. The summed E-state index contributed by atoms with van der Waals surface area (Å²) in [6, 6.07) is 10.0. The normalized spacial score (nSPS) is 10.1. The molecule has 1 N–H and O–H groups in total. The fourth-order valence-electron chi connectivity index (χ4n) is 1.61. The number of nitro groups is 1. The number of amides is 1. The lowest BCUT2D eigenvalue weighted by Gasteiger charge is -2.09. The molecule has 8 heteroatoms. The zero-order chi connectivity index (χ0) is 16.1. The summed E-state index contributed by atoms with van der Waals surface area (Å²) in [7, 11) is 0. The number of anilines is 1. The molecule has 0 saturated heterocycles. The van der Waals surface area contributed by atoms with E-state index in [-0.39, 0.29) is 18.0 Å². The molecule has 2 rings (SSSR count). The highest BCUT2D eigenvalue weighted by atomic mass is 127. The lowest BCUT2D eigenvalue weighted by atomic mass is 10.2. The van der Waals surface area contributed by atoms with Crippen molar-refractivity contribution < 1.29 is 18.8 Å². The van der Waals surface area contributed by atoms with Gasteiger partial charge in [0.05, 0.1) is 14.2 Å². The van der Waals surface area contributed by atoms with Crippen molar-refractivity contribution in [3.63, 3.8) is 0 Å². The predicted molar refractivity (Wildman–Crippen MR) is 86.3 cm³/mol. The van der Waals surface area contributed by atoms with E-state index in [1.807, 2.05) is 12.1 Å². The van der Waals surface area contributed by atoms with Gasteiger partial charge in [-0.25, -0.2) is 4.39 Å². The highest BCUT2D eigenvalue weighted by Crippen LogP contribution is 2.22. The van der Waals surface area contributed by atoms with Crippen molar-refractivity contribution in [2.24, 2.45) is 0 Å². The van der Waals surface area contributed by atoms with Gasteiger partial charge in [-0.1, -0.05) is 12.1 Å². The van der Waals surface area contributed by atoms with Crippen LogP contribution in [0.15, 0.2) is 42.5 Å². The highest BCUT2D eigenvalue weighted by molar-refractivity contribution is 14.1. The molecule has 0 bridgehead atoms. The van der Waals surface area contributed by atoms with Crippen LogP contribution in [0.2, 0.25) is 0 Å². The zero-order valence-electron chi connectivity index (χ0n) is 11.1. The standard InChI is InChI=1S/C14H10FIN2O4/c15-10-6-5-9(18(20)21)7-12(10)17-14(19)8-22-13-4-2-1-3-11(13)16/h1-7H,8H2,(H,17,19). The number of benzene rings is 2. The van der Waals surface area contributed by atoms with Crippen molar-refractivity contribution in [1.82, 2.24) is 0 Å². The van der Waals surface area contributed by atoms with Gasteiger partial charge in [-0.15, -0.1) is 0 Å². The predicted octanol–water partition coefficient (Wildman–Crippen LogP) is 3.36. The molecule has 2 aromatic carbocycles.